The van der Waals surface area contributed by atoms with Gasteiger partial charge in [0.2, 0.25) is 5.91 Å². The predicted octanol–water partition coefficient (Wildman–Crippen LogP) is 2.27. The highest BCUT2D eigenvalue weighted by molar-refractivity contribution is 5.92. The molecule has 0 saturated carbocycles. The standard InChI is InChI=1S/C21H25N5O2/c1-15-13-19-22-20(17-6-2-3-7-18(17)26(19)23-15)25-8-4-5-16(14-25)21(27)24-9-11-28-12-10-24/h2-3,6-7,13,16H,4-5,8-12,14H2,1H3. The Morgan fingerprint density at radius 3 is 2.86 bits per heavy atom. The van der Waals surface area contributed by atoms with Crippen molar-refractivity contribution in [3.05, 3.63) is 36.0 Å². The topological polar surface area (TPSA) is 63.0 Å². The molecule has 2 saturated heterocycles. The number of rotatable bonds is 2. The molecular formula is C21H25N5O2. The summed E-state index contributed by atoms with van der Waals surface area (Å²) < 4.78 is 7.31. The fraction of sp³-hybridized carbons (Fsp3) is 0.476. The van der Waals surface area contributed by atoms with Crippen molar-refractivity contribution in [2.75, 3.05) is 44.3 Å². The molecule has 0 spiro atoms. The smallest absolute Gasteiger partial charge is 0.227 e. The van der Waals surface area contributed by atoms with E-state index in [2.05, 4.69) is 22.1 Å². The van der Waals surface area contributed by atoms with Crippen LogP contribution in [-0.2, 0) is 9.53 Å². The van der Waals surface area contributed by atoms with Gasteiger partial charge in [-0.3, -0.25) is 4.79 Å². The number of hydrogen-bond donors (Lipinski definition) is 0. The van der Waals surface area contributed by atoms with Gasteiger partial charge in [0.1, 0.15) is 5.82 Å². The number of nitrogens with zero attached hydrogens (tertiary/aromatic N) is 5. The van der Waals surface area contributed by atoms with E-state index in [9.17, 15) is 4.79 Å². The minimum Gasteiger partial charge on any atom is -0.378 e. The second-order valence-electron chi connectivity index (χ2n) is 7.73. The van der Waals surface area contributed by atoms with Crippen molar-refractivity contribution in [3.8, 4) is 0 Å². The van der Waals surface area contributed by atoms with E-state index in [-0.39, 0.29) is 11.8 Å². The molecule has 2 aliphatic heterocycles. The lowest BCUT2D eigenvalue weighted by atomic mass is 9.96. The van der Waals surface area contributed by atoms with E-state index in [0.717, 1.165) is 54.0 Å². The van der Waals surface area contributed by atoms with Gasteiger partial charge in [-0.25, -0.2) is 9.50 Å². The first-order valence-corrected chi connectivity index (χ1v) is 10.1. The normalized spacial score (nSPS) is 20.8. The van der Waals surface area contributed by atoms with Crippen LogP contribution in [0.3, 0.4) is 0 Å². The van der Waals surface area contributed by atoms with Crippen LogP contribution in [0.4, 0.5) is 5.82 Å². The summed E-state index contributed by atoms with van der Waals surface area (Å²) >= 11 is 0. The number of aromatic nitrogens is 3. The van der Waals surface area contributed by atoms with Crippen molar-refractivity contribution >= 4 is 28.3 Å². The first-order chi connectivity index (χ1) is 13.7. The van der Waals surface area contributed by atoms with Gasteiger partial charge in [-0.05, 0) is 31.9 Å². The molecule has 4 heterocycles. The number of morpholine rings is 1. The fourth-order valence-electron chi connectivity index (χ4n) is 4.41. The molecule has 0 radical (unpaired) electrons. The van der Waals surface area contributed by atoms with Gasteiger partial charge in [-0.1, -0.05) is 12.1 Å². The van der Waals surface area contributed by atoms with Crippen LogP contribution >= 0.6 is 0 Å². The van der Waals surface area contributed by atoms with Crippen molar-refractivity contribution in [1.82, 2.24) is 19.5 Å². The molecular weight excluding hydrogens is 354 g/mol. The molecule has 3 aromatic rings. The Balaban J connectivity index is 1.49. The number of para-hydroxylation sites is 1. The summed E-state index contributed by atoms with van der Waals surface area (Å²) in [7, 11) is 0. The van der Waals surface area contributed by atoms with Gasteiger partial charge in [0.05, 0.1) is 30.3 Å². The second kappa shape index (κ2) is 7.05. The number of carbonyl (C=O) groups is 1. The number of fused-ring (bicyclic) bond motifs is 3. The van der Waals surface area contributed by atoms with Gasteiger partial charge in [0, 0.05) is 37.6 Å². The Bertz CT molecular complexity index is 1020. The van der Waals surface area contributed by atoms with Gasteiger partial charge < -0.3 is 14.5 Å². The summed E-state index contributed by atoms with van der Waals surface area (Å²) in [6.07, 6.45) is 1.94. The van der Waals surface area contributed by atoms with Crippen LogP contribution in [0, 0.1) is 12.8 Å². The number of hydrogen-bond acceptors (Lipinski definition) is 5. The monoisotopic (exact) mass is 379 g/mol. The lowest BCUT2D eigenvalue weighted by Gasteiger charge is -2.37. The molecule has 1 aromatic carbocycles. The van der Waals surface area contributed by atoms with Crippen LogP contribution in [0.1, 0.15) is 18.5 Å². The summed E-state index contributed by atoms with van der Waals surface area (Å²) in [6, 6.07) is 10.3. The summed E-state index contributed by atoms with van der Waals surface area (Å²) in [5.41, 5.74) is 2.86. The van der Waals surface area contributed by atoms with Crippen molar-refractivity contribution in [2.45, 2.75) is 19.8 Å². The third-order valence-electron chi connectivity index (χ3n) is 5.80. The van der Waals surface area contributed by atoms with Crippen molar-refractivity contribution in [2.24, 2.45) is 5.92 Å². The number of piperidine rings is 1. The van der Waals surface area contributed by atoms with Gasteiger partial charge in [-0.2, -0.15) is 5.10 Å². The number of carbonyl (C=O) groups excluding carboxylic acids is 1. The molecule has 28 heavy (non-hydrogen) atoms. The largest absolute Gasteiger partial charge is 0.378 e. The van der Waals surface area contributed by atoms with E-state index in [0.29, 0.717) is 26.3 Å². The second-order valence-corrected chi connectivity index (χ2v) is 7.73. The number of anilines is 1. The minimum atomic E-state index is 0.0234. The molecule has 2 fully saturated rings. The van der Waals surface area contributed by atoms with Gasteiger partial charge in [-0.15, -0.1) is 0 Å². The summed E-state index contributed by atoms with van der Waals surface area (Å²) in [6.45, 7) is 6.33. The van der Waals surface area contributed by atoms with Gasteiger partial charge in [0.25, 0.3) is 0 Å². The Morgan fingerprint density at radius 2 is 2.00 bits per heavy atom. The van der Waals surface area contributed by atoms with Crippen molar-refractivity contribution in [1.29, 1.82) is 0 Å². The highest BCUT2D eigenvalue weighted by Crippen LogP contribution is 2.30. The van der Waals surface area contributed by atoms with E-state index in [1.54, 1.807) is 0 Å². The number of benzene rings is 1. The van der Waals surface area contributed by atoms with E-state index in [4.69, 9.17) is 9.72 Å². The zero-order valence-electron chi connectivity index (χ0n) is 16.2. The van der Waals surface area contributed by atoms with Crippen molar-refractivity contribution in [3.63, 3.8) is 0 Å². The third-order valence-corrected chi connectivity index (χ3v) is 5.80. The molecule has 2 aliphatic rings. The lowest BCUT2D eigenvalue weighted by molar-refractivity contribution is -0.139. The molecule has 7 heteroatoms. The fourth-order valence-corrected chi connectivity index (χ4v) is 4.41. The van der Waals surface area contributed by atoms with E-state index in [1.807, 2.05) is 34.5 Å². The highest BCUT2D eigenvalue weighted by Gasteiger charge is 2.31. The van der Waals surface area contributed by atoms with Crippen LogP contribution in [0.5, 0.6) is 0 Å². The number of ether oxygens (including phenoxy) is 1. The Labute approximate surface area is 163 Å². The zero-order chi connectivity index (χ0) is 19.1. The summed E-state index contributed by atoms with van der Waals surface area (Å²) in [5, 5.41) is 5.68. The molecule has 7 nitrogen and oxygen atoms in total. The highest BCUT2D eigenvalue weighted by atomic mass is 16.5. The average molecular weight is 379 g/mol. The molecule has 5 rings (SSSR count). The zero-order valence-corrected chi connectivity index (χ0v) is 16.2. The maximum absolute atomic E-state index is 13.0. The SMILES string of the molecule is Cc1cc2nc(N3CCCC(C(=O)N4CCOCC4)C3)c3ccccc3n2n1. The van der Waals surface area contributed by atoms with Crippen LogP contribution < -0.4 is 4.90 Å². The minimum absolute atomic E-state index is 0.0234. The predicted molar refractivity (Wildman–Crippen MR) is 108 cm³/mol. The molecule has 1 atom stereocenters. The Morgan fingerprint density at radius 1 is 1.18 bits per heavy atom. The van der Waals surface area contributed by atoms with E-state index < -0.39 is 0 Å². The molecule has 1 unspecified atom stereocenters. The maximum Gasteiger partial charge on any atom is 0.227 e. The Kier molecular flexibility index (Phi) is 4.39. The molecule has 0 bridgehead atoms. The number of amides is 1. The first-order valence-electron chi connectivity index (χ1n) is 10.1. The lowest BCUT2D eigenvalue weighted by Crippen LogP contribution is -2.48. The van der Waals surface area contributed by atoms with Crippen molar-refractivity contribution < 1.29 is 9.53 Å². The van der Waals surface area contributed by atoms with E-state index in [1.165, 1.54) is 0 Å². The quantitative estimate of drug-likeness (QED) is 0.684. The van der Waals surface area contributed by atoms with Crippen LogP contribution in [0.15, 0.2) is 30.3 Å². The third kappa shape index (κ3) is 2.99. The molecule has 146 valence electrons. The number of aryl methyl sites for hydroxylation is 1. The maximum atomic E-state index is 13.0. The van der Waals surface area contributed by atoms with Crippen LogP contribution in [-0.4, -0.2) is 64.8 Å². The van der Waals surface area contributed by atoms with Gasteiger partial charge in [0.15, 0.2) is 5.65 Å². The van der Waals surface area contributed by atoms with E-state index >= 15 is 0 Å². The Hall–Kier alpha value is -2.67. The molecule has 0 aliphatic carbocycles. The average Bonchev–Trinajstić information content (AvgIpc) is 3.14. The van der Waals surface area contributed by atoms with Crippen LogP contribution in [0.25, 0.3) is 16.6 Å². The van der Waals surface area contributed by atoms with Crippen LogP contribution in [0.2, 0.25) is 0 Å². The molecule has 1 amide bonds. The summed E-state index contributed by atoms with van der Waals surface area (Å²) in [4.78, 5) is 22.2. The summed E-state index contributed by atoms with van der Waals surface area (Å²) in [5.74, 6) is 1.25. The molecule has 0 N–H and O–H groups in total. The molecule has 2 aromatic heterocycles. The van der Waals surface area contributed by atoms with Gasteiger partial charge >= 0.3 is 0 Å². The first kappa shape index (κ1) is 17.4.